The first-order valence-electron chi connectivity index (χ1n) is 4.08. The third kappa shape index (κ3) is 1.42. The van der Waals surface area contributed by atoms with Gasteiger partial charge in [0.1, 0.15) is 5.75 Å². The van der Waals surface area contributed by atoms with Gasteiger partial charge in [0, 0.05) is 11.5 Å². The molecule has 0 bridgehead atoms. The van der Waals surface area contributed by atoms with Crippen LogP contribution in [0.2, 0.25) is 0 Å². The van der Waals surface area contributed by atoms with Crippen LogP contribution in [-0.2, 0) is 0 Å². The Kier molecular flexibility index (Phi) is 2.29. The zero-order valence-electron chi connectivity index (χ0n) is 7.53. The van der Waals surface area contributed by atoms with Gasteiger partial charge in [-0.3, -0.25) is 0 Å². The van der Waals surface area contributed by atoms with Crippen molar-refractivity contribution in [2.24, 2.45) is 0 Å². The second kappa shape index (κ2) is 3.46. The average molecular weight is 254 g/mol. The Morgan fingerprint density at radius 1 is 1.43 bits per heavy atom. The Morgan fingerprint density at radius 2 is 2.21 bits per heavy atom. The molecule has 0 saturated heterocycles. The van der Waals surface area contributed by atoms with Crippen molar-refractivity contribution in [2.45, 2.75) is 0 Å². The van der Waals surface area contributed by atoms with Crippen LogP contribution in [0.4, 0.5) is 0 Å². The highest BCUT2D eigenvalue weighted by atomic mass is 79.9. The molecule has 0 spiro atoms. The number of pyridine rings is 1. The molecule has 0 unspecified atom stereocenters. The molecule has 0 radical (unpaired) electrons. The lowest BCUT2D eigenvalue weighted by Gasteiger charge is -2.05. The highest BCUT2D eigenvalue weighted by Crippen LogP contribution is 2.28. The van der Waals surface area contributed by atoms with Crippen molar-refractivity contribution < 1.29 is 9.47 Å². The summed E-state index contributed by atoms with van der Waals surface area (Å²) in [7, 11) is 1.57. The molecule has 0 fully saturated rings. The third-order valence-electron chi connectivity index (χ3n) is 2.04. The van der Waals surface area contributed by atoms with E-state index in [1.807, 2.05) is 12.1 Å². The Morgan fingerprint density at radius 3 is 2.93 bits per heavy atom. The summed E-state index contributed by atoms with van der Waals surface area (Å²) in [5.74, 6) is 0.660. The number of ether oxygens (including phenoxy) is 1. The molecule has 1 aromatic heterocycles. The van der Waals surface area contributed by atoms with E-state index >= 15 is 0 Å². The predicted molar refractivity (Wildman–Crippen MR) is 57.2 cm³/mol. The van der Waals surface area contributed by atoms with Crippen LogP contribution in [0, 0.1) is 5.21 Å². The van der Waals surface area contributed by atoms with Gasteiger partial charge in [0.05, 0.1) is 17.6 Å². The van der Waals surface area contributed by atoms with Gasteiger partial charge in [0.15, 0.2) is 6.20 Å². The fraction of sp³-hybridized carbons (Fsp3) is 0.100. The molecule has 2 aromatic rings. The van der Waals surface area contributed by atoms with Crippen molar-refractivity contribution >= 4 is 26.8 Å². The first-order chi connectivity index (χ1) is 6.72. The number of fused-ring (bicyclic) bond motifs is 1. The number of hydrogen-bond acceptors (Lipinski definition) is 2. The van der Waals surface area contributed by atoms with Crippen LogP contribution in [0.5, 0.6) is 5.75 Å². The van der Waals surface area contributed by atoms with Crippen LogP contribution >= 0.6 is 15.9 Å². The molecule has 3 nitrogen and oxygen atoms in total. The van der Waals surface area contributed by atoms with E-state index in [2.05, 4.69) is 15.9 Å². The summed E-state index contributed by atoms with van der Waals surface area (Å²) in [5.41, 5.74) is 0.604. The van der Waals surface area contributed by atoms with E-state index in [-0.39, 0.29) is 0 Å². The molecule has 1 aromatic carbocycles. The minimum atomic E-state index is 0.604. The number of aromatic nitrogens is 1. The zero-order chi connectivity index (χ0) is 10.1. The molecule has 0 atom stereocenters. The Labute approximate surface area is 89.6 Å². The molecule has 0 aliphatic carbocycles. The summed E-state index contributed by atoms with van der Waals surface area (Å²) in [4.78, 5) is 0. The van der Waals surface area contributed by atoms with E-state index in [4.69, 9.17) is 4.74 Å². The molecule has 0 aliphatic heterocycles. The maximum atomic E-state index is 11.4. The van der Waals surface area contributed by atoms with Crippen LogP contribution in [0.3, 0.4) is 0 Å². The third-order valence-corrected chi connectivity index (χ3v) is 2.66. The molecule has 4 heteroatoms. The van der Waals surface area contributed by atoms with Crippen LogP contribution in [0.1, 0.15) is 0 Å². The summed E-state index contributed by atoms with van der Waals surface area (Å²) in [6, 6.07) is 7.18. The Balaban J connectivity index is 2.80. The van der Waals surface area contributed by atoms with Gasteiger partial charge in [0.25, 0.3) is 0 Å². The van der Waals surface area contributed by atoms with Gasteiger partial charge in [-0.1, -0.05) is 0 Å². The van der Waals surface area contributed by atoms with Crippen molar-refractivity contribution in [3.63, 3.8) is 0 Å². The molecule has 0 saturated carbocycles. The zero-order valence-corrected chi connectivity index (χ0v) is 9.11. The van der Waals surface area contributed by atoms with Crippen molar-refractivity contribution in [3.05, 3.63) is 40.1 Å². The van der Waals surface area contributed by atoms with Crippen molar-refractivity contribution in [1.82, 2.24) is 0 Å². The van der Waals surface area contributed by atoms with Crippen molar-refractivity contribution in [1.29, 1.82) is 0 Å². The lowest BCUT2D eigenvalue weighted by molar-refractivity contribution is -0.577. The second-order valence-corrected chi connectivity index (χ2v) is 3.73. The minimum absolute atomic E-state index is 0.604. The van der Waals surface area contributed by atoms with E-state index in [1.165, 1.54) is 6.20 Å². The Hall–Kier alpha value is -1.29. The largest absolute Gasteiger partial charge is 0.618 e. The van der Waals surface area contributed by atoms with Crippen LogP contribution in [0.15, 0.2) is 34.9 Å². The van der Waals surface area contributed by atoms with Crippen LogP contribution in [0.25, 0.3) is 10.9 Å². The highest BCUT2D eigenvalue weighted by Gasteiger charge is 2.08. The van der Waals surface area contributed by atoms with Crippen molar-refractivity contribution in [2.75, 3.05) is 7.11 Å². The SMILES string of the molecule is COc1cc2c(ccc[n+]2[O-])cc1Br. The fourth-order valence-electron chi connectivity index (χ4n) is 1.34. The number of methoxy groups -OCH3 is 1. The molecule has 14 heavy (non-hydrogen) atoms. The average Bonchev–Trinajstić information content (AvgIpc) is 2.17. The summed E-state index contributed by atoms with van der Waals surface area (Å²) >= 11 is 3.37. The molecular formula is C10H8BrNO2. The molecular weight excluding hydrogens is 246 g/mol. The van der Waals surface area contributed by atoms with Gasteiger partial charge in [-0.05, 0) is 28.1 Å². The number of rotatable bonds is 1. The normalized spacial score (nSPS) is 10.4. The molecule has 0 N–H and O–H groups in total. The number of halogens is 1. The quantitative estimate of drug-likeness (QED) is 0.578. The Bertz CT molecular complexity index is 485. The van der Waals surface area contributed by atoms with E-state index in [0.717, 1.165) is 14.6 Å². The van der Waals surface area contributed by atoms with Crippen LogP contribution < -0.4 is 9.47 Å². The monoisotopic (exact) mass is 253 g/mol. The summed E-state index contributed by atoms with van der Waals surface area (Å²) in [5, 5.41) is 12.3. The van der Waals surface area contributed by atoms with Gasteiger partial charge >= 0.3 is 0 Å². The summed E-state index contributed by atoms with van der Waals surface area (Å²) < 4.78 is 6.78. The predicted octanol–water partition coefficient (Wildman–Crippen LogP) is 2.24. The topological polar surface area (TPSA) is 36.2 Å². The molecule has 2 rings (SSSR count). The maximum absolute atomic E-state index is 11.4. The van der Waals surface area contributed by atoms with Gasteiger partial charge < -0.3 is 9.94 Å². The smallest absolute Gasteiger partial charge is 0.227 e. The minimum Gasteiger partial charge on any atom is -0.618 e. The van der Waals surface area contributed by atoms with Crippen LogP contribution in [-0.4, -0.2) is 7.11 Å². The first-order valence-corrected chi connectivity index (χ1v) is 4.87. The van der Waals surface area contributed by atoms with Gasteiger partial charge in [0.2, 0.25) is 5.52 Å². The molecule has 1 heterocycles. The maximum Gasteiger partial charge on any atom is 0.227 e. The number of hydrogen-bond donors (Lipinski definition) is 0. The number of benzene rings is 1. The van der Waals surface area contributed by atoms with E-state index in [9.17, 15) is 5.21 Å². The summed E-state index contributed by atoms with van der Waals surface area (Å²) in [6.07, 6.45) is 1.47. The lowest BCUT2D eigenvalue weighted by Crippen LogP contribution is -2.25. The van der Waals surface area contributed by atoms with E-state index < -0.39 is 0 Å². The molecule has 0 amide bonds. The second-order valence-electron chi connectivity index (χ2n) is 2.88. The molecule has 0 aliphatic rings. The van der Waals surface area contributed by atoms with Gasteiger partial charge in [-0.25, -0.2) is 0 Å². The fourth-order valence-corrected chi connectivity index (χ4v) is 1.87. The van der Waals surface area contributed by atoms with Gasteiger partial charge in [-0.2, -0.15) is 4.73 Å². The highest BCUT2D eigenvalue weighted by molar-refractivity contribution is 9.10. The van der Waals surface area contributed by atoms with Gasteiger partial charge in [-0.15, -0.1) is 0 Å². The van der Waals surface area contributed by atoms with Crippen molar-refractivity contribution in [3.8, 4) is 5.75 Å². The van der Waals surface area contributed by atoms with E-state index in [0.29, 0.717) is 11.3 Å². The first kappa shape index (κ1) is 9.27. The summed E-state index contributed by atoms with van der Waals surface area (Å²) in [6.45, 7) is 0. The van der Waals surface area contributed by atoms with E-state index in [1.54, 1.807) is 19.2 Å². The number of nitrogens with zero attached hydrogens (tertiary/aromatic N) is 1. The molecule has 72 valence electrons. The standard InChI is InChI=1S/C10H8BrNO2/c1-14-10-6-9-7(5-8(10)11)3-2-4-12(9)13/h2-6H,1H3. The lowest BCUT2D eigenvalue weighted by atomic mass is 10.2.